The number of pyridine rings is 1. The van der Waals surface area contributed by atoms with Crippen LogP contribution in [0.5, 0.6) is 11.5 Å². The van der Waals surface area contributed by atoms with Gasteiger partial charge in [0.25, 0.3) is 5.91 Å². The summed E-state index contributed by atoms with van der Waals surface area (Å²) in [7, 11) is -7.55. The molecular formula is C24H27ClF6N2O3OsP-. The SMILES string of the molecule is COc1ccc(NC(=O)c2ccccn2)c(OC)c1.Cc1c[c-]c(C(C)C)cc1.F[P-](F)(F)(F)(F)F.[Cl-].[Os+2]. The van der Waals surface area contributed by atoms with Gasteiger partial charge in [0.1, 0.15) is 17.2 Å². The molecule has 0 saturated heterocycles. The number of ether oxygens (including phenoxy) is 2. The maximum atomic E-state index is 12.0. The van der Waals surface area contributed by atoms with Gasteiger partial charge >= 0.3 is 52.8 Å². The number of aromatic nitrogens is 1. The molecule has 0 aliphatic heterocycles. The third-order valence-corrected chi connectivity index (χ3v) is 4.17. The minimum atomic E-state index is -10.7. The molecule has 14 heteroatoms. The molecular weight excluding hydrogens is 735 g/mol. The van der Waals surface area contributed by atoms with Crippen LogP contribution >= 0.6 is 7.81 Å². The fourth-order valence-corrected chi connectivity index (χ4v) is 2.46. The van der Waals surface area contributed by atoms with Crippen LogP contribution in [0.4, 0.5) is 30.9 Å². The predicted octanol–water partition coefficient (Wildman–Crippen LogP) is 5.65. The number of carbonyl (C=O) groups is 1. The smallest absolute Gasteiger partial charge is 1.00 e. The molecule has 0 saturated carbocycles. The molecule has 1 amide bonds. The number of anilines is 1. The number of rotatable bonds is 5. The second kappa shape index (κ2) is 14.7. The fourth-order valence-electron chi connectivity index (χ4n) is 2.46. The van der Waals surface area contributed by atoms with Gasteiger partial charge < -0.3 is 27.2 Å². The first-order valence-corrected chi connectivity index (χ1v) is 12.4. The summed E-state index contributed by atoms with van der Waals surface area (Å²) < 4.78 is 69.5. The summed E-state index contributed by atoms with van der Waals surface area (Å²) in [4.78, 5) is 16.0. The van der Waals surface area contributed by atoms with Crippen molar-refractivity contribution >= 4 is 19.4 Å². The van der Waals surface area contributed by atoms with Crippen molar-refractivity contribution in [1.29, 1.82) is 0 Å². The minimum absolute atomic E-state index is 0. The van der Waals surface area contributed by atoms with Gasteiger partial charge in [-0.1, -0.05) is 26.8 Å². The Labute approximate surface area is 237 Å². The molecule has 2 aromatic carbocycles. The van der Waals surface area contributed by atoms with Gasteiger partial charge in [-0.2, -0.15) is 35.4 Å². The average Bonchev–Trinajstić information content (AvgIpc) is 2.78. The molecule has 1 heterocycles. The fraction of sp³-hybridized carbons (Fsp3) is 0.250. The van der Waals surface area contributed by atoms with E-state index in [1.807, 2.05) is 6.07 Å². The molecule has 0 spiro atoms. The summed E-state index contributed by atoms with van der Waals surface area (Å²) in [6.07, 6.45) is 1.57. The maximum Gasteiger partial charge on any atom is 2.00 e. The minimum Gasteiger partial charge on any atom is -1.00 e. The zero-order valence-electron chi connectivity index (χ0n) is 21.0. The number of nitrogens with zero attached hydrogens (tertiary/aromatic N) is 1. The van der Waals surface area contributed by atoms with Gasteiger partial charge in [-0.3, -0.25) is 9.78 Å². The van der Waals surface area contributed by atoms with Gasteiger partial charge in [0.15, 0.2) is 0 Å². The number of nitrogens with one attached hydrogen (secondary N) is 1. The Morgan fingerprint density at radius 1 is 0.974 bits per heavy atom. The molecule has 0 fully saturated rings. The standard InChI is InChI=1S/C14H14N2O3.C10H13.ClH.F6P.Os/c1-18-10-6-7-11(13(9-10)19-2)16-14(17)12-5-3-4-8-15-12;1-8(2)10-6-4-9(3)5-7-10;;1-7(2,3,4,5)6;/h3-9H,1-2H3,(H,16,17);4-6,8H,1-3H3;1H;;/q;-1;;-1;+2/p-1. The van der Waals surface area contributed by atoms with E-state index in [0.29, 0.717) is 28.8 Å². The van der Waals surface area contributed by atoms with E-state index >= 15 is 0 Å². The normalized spacial score (nSPS) is 11.9. The predicted molar refractivity (Wildman–Crippen MR) is 129 cm³/mol. The van der Waals surface area contributed by atoms with Crippen molar-refractivity contribution in [3.05, 3.63) is 83.7 Å². The van der Waals surface area contributed by atoms with Crippen molar-refractivity contribution in [2.45, 2.75) is 26.7 Å². The van der Waals surface area contributed by atoms with Crippen LogP contribution in [0.25, 0.3) is 0 Å². The van der Waals surface area contributed by atoms with Crippen molar-refractivity contribution in [2.24, 2.45) is 0 Å². The molecule has 38 heavy (non-hydrogen) atoms. The van der Waals surface area contributed by atoms with Crippen molar-refractivity contribution in [3.63, 3.8) is 0 Å². The van der Waals surface area contributed by atoms with E-state index in [2.05, 4.69) is 49.3 Å². The third-order valence-electron chi connectivity index (χ3n) is 4.17. The van der Waals surface area contributed by atoms with Gasteiger partial charge in [0.2, 0.25) is 0 Å². The van der Waals surface area contributed by atoms with Crippen LogP contribution in [0.3, 0.4) is 0 Å². The number of hydrogen-bond acceptors (Lipinski definition) is 4. The summed E-state index contributed by atoms with van der Waals surface area (Å²) >= 11 is 0. The van der Waals surface area contributed by atoms with Crippen LogP contribution < -0.4 is 27.2 Å². The molecule has 3 rings (SSSR count). The summed E-state index contributed by atoms with van der Waals surface area (Å²) in [6.45, 7) is 6.45. The summed E-state index contributed by atoms with van der Waals surface area (Å²) in [6, 6.07) is 19.9. The zero-order chi connectivity index (χ0) is 27.6. The first kappa shape index (κ1) is 37.7. The summed E-state index contributed by atoms with van der Waals surface area (Å²) in [5.74, 6) is 1.50. The number of benzene rings is 2. The molecule has 0 aliphatic carbocycles. The van der Waals surface area contributed by atoms with Crippen LogP contribution in [-0.4, -0.2) is 25.1 Å². The zero-order valence-corrected chi connectivity index (χ0v) is 25.2. The molecule has 0 radical (unpaired) electrons. The third kappa shape index (κ3) is 17.9. The molecule has 5 nitrogen and oxygen atoms in total. The van der Waals surface area contributed by atoms with E-state index in [1.54, 1.807) is 49.7 Å². The topological polar surface area (TPSA) is 60.5 Å². The second-order valence-electron chi connectivity index (χ2n) is 7.67. The van der Waals surface area contributed by atoms with E-state index in [1.165, 1.54) is 18.2 Å². The molecule has 0 aliphatic rings. The molecule has 214 valence electrons. The van der Waals surface area contributed by atoms with Crippen molar-refractivity contribution in [2.75, 3.05) is 19.5 Å². The summed E-state index contributed by atoms with van der Waals surface area (Å²) in [5.41, 5.74) is 3.49. The number of amides is 1. The first-order chi connectivity index (χ1) is 16.4. The molecule has 3 aromatic rings. The van der Waals surface area contributed by atoms with Crippen LogP contribution in [0.2, 0.25) is 0 Å². The van der Waals surface area contributed by atoms with E-state index < -0.39 is 7.81 Å². The first-order valence-electron chi connectivity index (χ1n) is 10.4. The number of halogens is 7. The second-order valence-corrected chi connectivity index (χ2v) is 9.59. The number of methoxy groups -OCH3 is 2. The maximum absolute atomic E-state index is 12.0. The van der Waals surface area contributed by atoms with Gasteiger partial charge in [-0.25, -0.2) is 0 Å². The number of carbonyl (C=O) groups excluding carboxylic acids is 1. The molecule has 0 atom stereocenters. The Hall–Kier alpha value is -2.40. The van der Waals surface area contributed by atoms with E-state index in [9.17, 15) is 30.0 Å². The Balaban J connectivity index is 0. The van der Waals surface area contributed by atoms with E-state index in [-0.39, 0.29) is 38.1 Å². The van der Waals surface area contributed by atoms with E-state index in [0.717, 1.165) is 0 Å². The largest absolute Gasteiger partial charge is 2.00 e. The number of aryl methyl sites for hydroxylation is 1. The molecule has 1 N–H and O–H groups in total. The van der Waals surface area contributed by atoms with Crippen molar-refractivity contribution in [3.8, 4) is 11.5 Å². The van der Waals surface area contributed by atoms with Crippen molar-refractivity contribution in [1.82, 2.24) is 4.98 Å². The van der Waals surface area contributed by atoms with Crippen LogP contribution in [0.15, 0.2) is 60.8 Å². The van der Waals surface area contributed by atoms with Gasteiger partial charge in [0.05, 0.1) is 19.9 Å². The Morgan fingerprint density at radius 3 is 2.00 bits per heavy atom. The number of hydrogen-bond donors (Lipinski definition) is 1. The van der Waals surface area contributed by atoms with Crippen LogP contribution in [0.1, 0.15) is 41.4 Å². The quantitative estimate of drug-likeness (QED) is 0.208. The van der Waals surface area contributed by atoms with Crippen LogP contribution in [0, 0.1) is 13.0 Å². The Bertz CT molecular complexity index is 1130. The average molecular weight is 762 g/mol. The van der Waals surface area contributed by atoms with Gasteiger partial charge in [-0.15, -0.1) is 0 Å². The van der Waals surface area contributed by atoms with Crippen LogP contribution in [-0.2, 0) is 19.8 Å². The molecule has 1 aromatic heterocycles. The van der Waals surface area contributed by atoms with E-state index in [4.69, 9.17) is 9.47 Å². The van der Waals surface area contributed by atoms with Gasteiger partial charge in [0, 0.05) is 12.3 Å². The molecule has 0 unspecified atom stereocenters. The Kier molecular flexibility index (Phi) is 14.6. The summed E-state index contributed by atoms with van der Waals surface area (Å²) in [5, 5.41) is 2.75. The van der Waals surface area contributed by atoms with Crippen molar-refractivity contribution < 1.29 is 71.6 Å². The Morgan fingerprint density at radius 2 is 1.58 bits per heavy atom. The van der Waals surface area contributed by atoms with Gasteiger partial charge in [-0.05, 0) is 30.2 Å². The molecule has 0 bridgehead atoms. The monoisotopic (exact) mass is 763 g/mol.